The Morgan fingerprint density at radius 3 is 2.35 bits per heavy atom. The van der Waals surface area contributed by atoms with Gasteiger partial charge in [0.1, 0.15) is 17.6 Å². The van der Waals surface area contributed by atoms with Gasteiger partial charge in [0.25, 0.3) is 0 Å². The van der Waals surface area contributed by atoms with Crippen LogP contribution in [0.4, 0.5) is 10.1 Å². The highest BCUT2D eigenvalue weighted by Gasteiger charge is 2.24. The molecule has 1 atom stereocenters. The normalized spacial score (nSPS) is 19.3. The van der Waals surface area contributed by atoms with Crippen molar-refractivity contribution < 1.29 is 14.2 Å². The molecule has 2 fully saturated rings. The third-order valence-corrected chi connectivity index (χ3v) is 8.50. The fourth-order valence-corrected chi connectivity index (χ4v) is 6.51. The van der Waals surface area contributed by atoms with Gasteiger partial charge in [-0.15, -0.1) is 0 Å². The summed E-state index contributed by atoms with van der Waals surface area (Å²) >= 11 is 0. The first kappa shape index (κ1) is 28.2. The monoisotopic (exact) mass is 542 g/mol. The fourth-order valence-electron chi connectivity index (χ4n) is 6.51. The molecule has 4 nitrogen and oxygen atoms in total. The number of aryl methyl sites for hydroxylation is 1. The van der Waals surface area contributed by atoms with Crippen LogP contribution in [0.3, 0.4) is 0 Å². The lowest BCUT2D eigenvalue weighted by Gasteiger charge is -2.20. The summed E-state index contributed by atoms with van der Waals surface area (Å²) in [5, 5.41) is 10.2. The van der Waals surface area contributed by atoms with Gasteiger partial charge in [0.05, 0.1) is 6.67 Å². The van der Waals surface area contributed by atoms with Crippen molar-refractivity contribution in [1.82, 2.24) is 4.90 Å². The van der Waals surface area contributed by atoms with E-state index in [9.17, 15) is 9.50 Å². The van der Waals surface area contributed by atoms with Crippen molar-refractivity contribution in [3.8, 4) is 11.5 Å². The Kier molecular flexibility index (Phi) is 9.11. The zero-order chi connectivity index (χ0) is 26.6. The van der Waals surface area contributed by atoms with E-state index in [-0.39, 0.29) is 20.2 Å². The van der Waals surface area contributed by atoms with Crippen molar-refractivity contribution in [3.63, 3.8) is 0 Å². The first-order chi connectivity index (χ1) is 19.2. The predicted molar refractivity (Wildman–Crippen MR) is 164 cm³/mol. The number of fused-ring (bicyclic) bond motifs is 1. The molecule has 3 aliphatic rings. The number of likely N-dealkylation sites (tertiary alicyclic amines) is 1. The lowest BCUT2D eigenvalue weighted by molar-refractivity contribution is 0.198. The highest BCUT2D eigenvalue weighted by molar-refractivity contribution is 6.00. The number of hydrogen-bond donors (Lipinski definition) is 1. The Bertz CT molecular complexity index is 1300. The van der Waals surface area contributed by atoms with Gasteiger partial charge >= 0.3 is 0 Å². The number of phenols is 1. The van der Waals surface area contributed by atoms with Gasteiger partial charge in [0, 0.05) is 38.4 Å². The van der Waals surface area contributed by atoms with Crippen molar-refractivity contribution in [2.75, 3.05) is 44.3 Å². The van der Waals surface area contributed by atoms with Gasteiger partial charge in [-0.25, -0.2) is 0 Å². The molecule has 40 heavy (non-hydrogen) atoms. The summed E-state index contributed by atoms with van der Waals surface area (Å²) in [5.41, 5.74) is 8.78. The zero-order valence-electron chi connectivity index (χ0n) is 22.7. The summed E-state index contributed by atoms with van der Waals surface area (Å²) in [6, 6.07) is 23.5. The molecule has 0 spiro atoms. The average Bonchev–Trinajstić information content (AvgIpc) is 3.62. The summed E-state index contributed by atoms with van der Waals surface area (Å²) in [6.45, 7) is 4.68. The third-order valence-electron chi connectivity index (χ3n) is 8.50. The van der Waals surface area contributed by atoms with Crippen molar-refractivity contribution in [2.45, 2.75) is 58.5 Å². The topological polar surface area (TPSA) is 35.9 Å². The molecule has 5 heteroatoms. The molecule has 2 heterocycles. The smallest absolute Gasteiger partial charge is 0.119 e. The summed E-state index contributed by atoms with van der Waals surface area (Å²) in [7, 11) is 0. The fraction of sp³-hybridized carbons (Fsp3) is 0.429. The lowest BCUT2D eigenvalue weighted by atomic mass is 9.87. The highest BCUT2D eigenvalue weighted by atomic mass is 19.1. The van der Waals surface area contributed by atoms with Crippen molar-refractivity contribution >= 4 is 16.8 Å². The van der Waals surface area contributed by atoms with E-state index in [4.69, 9.17) is 4.74 Å². The molecule has 0 unspecified atom stereocenters. The Morgan fingerprint density at radius 1 is 0.850 bits per heavy atom. The van der Waals surface area contributed by atoms with Gasteiger partial charge in [-0.1, -0.05) is 37.8 Å². The number of nitrogens with zero attached hydrogens (tertiary/aromatic N) is 2. The van der Waals surface area contributed by atoms with Crippen molar-refractivity contribution in [2.24, 2.45) is 0 Å². The van der Waals surface area contributed by atoms with Crippen LogP contribution in [0.15, 0.2) is 66.7 Å². The second kappa shape index (κ2) is 12.9. The number of ether oxygens (including phenoxy) is 1. The molecule has 2 aliphatic heterocycles. The van der Waals surface area contributed by atoms with Crippen LogP contribution in [0.2, 0.25) is 0 Å². The number of benzene rings is 3. The largest absolute Gasteiger partial charge is 0.508 e. The molecule has 0 saturated carbocycles. The van der Waals surface area contributed by atoms with E-state index in [1.54, 1.807) is 0 Å². The molecule has 0 bridgehead atoms. The maximum absolute atomic E-state index is 12.6. The SMILES string of the molecule is C.Oc1ccc2c(c1)CCCC(c1ccc(N3CCCC3)cc1)=C2c1ccc(O[C@H]2CCN(CCCF)C2)cc1. The van der Waals surface area contributed by atoms with Crippen LogP contribution in [0.5, 0.6) is 11.5 Å². The lowest BCUT2D eigenvalue weighted by Crippen LogP contribution is -2.26. The van der Waals surface area contributed by atoms with E-state index in [2.05, 4.69) is 64.4 Å². The van der Waals surface area contributed by atoms with Gasteiger partial charge in [0.2, 0.25) is 0 Å². The molecular weight excluding hydrogens is 499 g/mol. The number of aromatic hydroxyl groups is 1. The van der Waals surface area contributed by atoms with Crippen LogP contribution >= 0.6 is 0 Å². The minimum Gasteiger partial charge on any atom is -0.508 e. The number of halogens is 1. The molecule has 0 amide bonds. The molecule has 3 aromatic carbocycles. The highest BCUT2D eigenvalue weighted by Crippen LogP contribution is 2.41. The maximum Gasteiger partial charge on any atom is 0.119 e. The molecule has 1 N–H and O–H groups in total. The first-order valence-electron chi connectivity index (χ1n) is 14.6. The van der Waals surface area contributed by atoms with Crippen LogP contribution < -0.4 is 9.64 Å². The third kappa shape index (κ3) is 6.20. The van der Waals surface area contributed by atoms with E-state index < -0.39 is 0 Å². The second-order valence-electron chi connectivity index (χ2n) is 11.2. The van der Waals surface area contributed by atoms with Crippen molar-refractivity contribution in [1.29, 1.82) is 0 Å². The Morgan fingerprint density at radius 2 is 1.60 bits per heavy atom. The first-order valence-corrected chi connectivity index (χ1v) is 14.6. The summed E-state index contributed by atoms with van der Waals surface area (Å²) in [5.74, 6) is 1.21. The predicted octanol–water partition coefficient (Wildman–Crippen LogP) is 7.74. The van der Waals surface area contributed by atoms with Crippen LogP contribution in [0.1, 0.15) is 68.2 Å². The molecule has 212 valence electrons. The summed E-state index contributed by atoms with van der Waals surface area (Å²) < 4.78 is 18.9. The van der Waals surface area contributed by atoms with E-state index in [0.717, 1.165) is 64.2 Å². The molecular formula is C35H43FN2O2. The second-order valence-corrected chi connectivity index (χ2v) is 11.2. The Balaban J connectivity index is 0.00000323. The maximum atomic E-state index is 12.6. The molecule has 0 radical (unpaired) electrons. The van der Waals surface area contributed by atoms with Crippen molar-refractivity contribution in [3.05, 3.63) is 89.0 Å². The van der Waals surface area contributed by atoms with Crippen LogP contribution in [-0.4, -0.2) is 55.5 Å². The summed E-state index contributed by atoms with van der Waals surface area (Å²) in [4.78, 5) is 4.77. The van der Waals surface area contributed by atoms with Crippen LogP contribution in [0, 0.1) is 0 Å². The van der Waals surface area contributed by atoms with Gasteiger partial charge in [-0.05, 0) is 115 Å². The average molecular weight is 543 g/mol. The van der Waals surface area contributed by atoms with E-state index in [0.29, 0.717) is 12.2 Å². The minimum absolute atomic E-state index is 0. The number of allylic oxidation sites excluding steroid dienone is 1. The number of rotatable bonds is 8. The number of alkyl halides is 1. The zero-order valence-corrected chi connectivity index (χ0v) is 22.7. The number of phenolic OH excluding ortho intramolecular Hbond substituents is 1. The molecule has 0 aromatic heterocycles. The molecule has 2 saturated heterocycles. The Hall–Kier alpha value is -3.31. The van der Waals surface area contributed by atoms with Crippen LogP contribution in [-0.2, 0) is 6.42 Å². The van der Waals surface area contributed by atoms with E-state index >= 15 is 0 Å². The van der Waals surface area contributed by atoms with E-state index in [1.807, 2.05) is 12.1 Å². The molecule has 3 aromatic rings. The minimum atomic E-state index is -0.257. The standard InChI is InChI=1S/C34H39FN2O2.CH4/c35-18-4-19-36-22-17-31(24-36)39-30-14-9-26(10-15-30)34-32(6-3-5-27-23-29(38)13-16-33(27)34)25-7-11-28(12-8-25)37-20-1-2-21-37;/h7-16,23,31,38H,1-6,17-22,24H2;1H4/t31-;/m0./s1. The Labute approximate surface area is 239 Å². The van der Waals surface area contributed by atoms with Gasteiger partial charge < -0.3 is 14.7 Å². The van der Waals surface area contributed by atoms with Gasteiger partial charge in [-0.2, -0.15) is 0 Å². The number of hydrogen-bond acceptors (Lipinski definition) is 4. The van der Waals surface area contributed by atoms with Gasteiger partial charge in [-0.3, -0.25) is 9.29 Å². The molecule has 1 aliphatic carbocycles. The quantitative estimate of drug-likeness (QED) is 0.316. The number of anilines is 1. The molecule has 6 rings (SSSR count). The summed E-state index contributed by atoms with van der Waals surface area (Å²) in [6.07, 6.45) is 7.27. The van der Waals surface area contributed by atoms with E-state index in [1.165, 1.54) is 51.9 Å². The van der Waals surface area contributed by atoms with Gasteiger partial charge in [0.15, 0.2) is 0 Å². The van der Waals surface area contributed by atoms with Crippen LogP contribution in [0.25, 0.3) is 11.1 Å².